The van der Waals surface area contributed by atoms with Crippen LogP contribution >= 0.6 is 24.0 Å². The predicted molar refractivity (Wildman–Crippen MR) is 138 cm³/mol. The van der Waals surface area contributed by atoms with E-state index in [1.807, 2.05) is 20.8 Å². The van der Waals surface area contributed by atoms with Gasteiger partial charge in [-0.25, -0.2) is 9.79 Å². The molecule has 1 unspecified atom stereocenters. The third-order valence-corrected chi connectivity index (χ3v) is 4.94. The molecular weight excluding hydrogens is 505 g/mol. The van der Waals surface area contributed by atoms with Gasteiger partial charge in [-0.1, -0.05) is 31.2 Å². The number of benzene rings is 1. The molecule has 1 fully saturated rings. The van der Waals surface area contributed by atoms with Crippen LogP contribution in [0.1, 0.15) is 52.2 Å². The fraction of sp³-hybridized carbons (Fsp3) is 0.652. The third-order valence-electron chi connectivity index (χ3n) is 4.94. The number of hydrogen-bond donors (Lipinski definition) is 2. The third kappa shape index (κ3) is 10.1. The first-order valence-electron chi connectivity index (χ1n) is 11.0. The lowest BCUT2D eigenvalue weighted by atomic mass is 10.1. The molecule has 0 radical (unpaired) electrons. The number of alkyl carbamates (subject to hydrolysis) is 1. The van der Waals surface area contributed by atoms with Gasteiger partial charge in [0.2, 0.25) is 0 Å². The van der Waals surface area contributed by atoms with E-state index in [1.165, 1.54) is 11.1 Å². The van der Waals surface area contributed by atoms with Gasteiger partial charge in [0.25, 0.3) is 0 Å². The average Bonchev–Trinajstić information content (AvgIpc) is 3.11. The van der Waals surface area contributed by atoms with E-state index >= 15 is 0 Å². The average molecular weight is 546 g/mol. The van der Waals surface area contributed by atoms with Gasteiger partial charge in [-0.05, 0) is 58.8 Å². The van der Waals surface area contributed by atoms with E-state index in [9.17, 15) is 4.79 Å². The minimum Gasteiger partial charge on any atom is -0.444 e. The Kier molecular flexibility index (Phi) is 11.6. The highest BCUT2D eigenvalue weighted by molar-refractivity contribution is 14.0. The van der Waals surface area contributed by atoms with E-state index in [0.717, 1.165) is 45.1 Å². The molecule has 0 bridgehead atoms. The zero-order valence-electron chi connectivity index (χ0n) is 19.9. The lowest BCUT2D eigenvalue weighted by molar-refractivity contribution is 0.0507. The van der Waals surface area contributed by atoms with Crippen molar-refractivity contribution in [1.29, 1.82) is 0 Å². The Hall–Kier alpha value is -1.55. The van der Waals surface area contributed by atoms with Crippen LogP contribution in [0.25, 0.3) is 0 Å². The van der Waals surface area contributed by atoms with Crippen molar-refractivity contribution in [2.75, 3.05) is 33.2 Å². The number of guanidine groups is 1. The second-order valence-electron chi connectivity index (χ2n) is 8.90. The zero-order valence-corrected chi connectivity index (χ0v) is 22.2. The molecule has 31 heavy (non-hydrogen) atoms. The molecule has 2 rings (SSSR count). The number of nitrogens with zero attached hydrogens (tertiary/aromatic N) is 3. The van der Waals surface area contributed by atoms with Crippen molar-refractivity contribution < 1.29 is 9.53 Å². The summed E-state index contributed by atoms with van der Waals surface area (Å²) in [6.07, 6.45) is 0.521. The van der Waals surface area contributed by atoms with Gasteiger partial charge in [0, 0.05) is 26.2 Å². The van der Waals surface area contributed by atoms with Crippen LogP contribution in [0, 0.1) is 0 Å². The summed E-state index contributed by atoms with van der Waals surface area (Å²) in [5.74, 6) is 0.891. The molecule has 1 aromatic carbocycles. The number of amides is 1. The molecule has 1 heterocycles. The smallest absolute Gasteiger partial charge is 0.407 e. The first kappa shape index (κ1) is 27.5. The fourth-order valence-corrected chi connectivity index (χ4v) is 3.39. The molecule has 0 aliphatic carbocycles. The van der Waals surface area contributed by atoms with Gasteiger partial charge in [0.15, 0.2) is 5.96 Å². The van der Waals surface area contributed by atoms with Crippen LogP contribution in [0.5, 0.6) is 0 Å². The predicted octanol–water partition coefficient (Wildman–Crippen LogP) is 3.82. The minimum absolute atomic E-state index is 0. The Bertz CT molecular complexity index is 720. The van der Waals surface area contributed by atoms with E-state index < -0.39 is 5.60 Å². The maximum absolute atomic E-state index is 12.1. The standard InChI is InChI=1S/C23H39N5O2.HI/c1-7-24-21(25-15-18-10-9-11-19(14-18)16-27(6)8-2)28-13-12-20(17-28)26-22(29)30-23(3,4)5;/h9-11,14,20H,7-8,12-13,15-17H2,1-6H3,(H,24,25)(H,26,29);1H. The Morgan fingerprint density at radius 1 is 1.29 bits per heavy atom. The highest BCUT2D eigenvalue weighted by Crippen LogP contribution is 2.13. The number of rotatable bonds is 7. The maximum Gasteiger partial charge on any atom is 0.407 e. The van der Waals surface area contributed by atoms with Crippen LogP contribution in [-0.4, -0.2) is 66.7 Å². The molecule has 2 N–H and O–H groups in total. The summed E-state index contributed by atoms with van der Waals surface area (Å²) in [6, 6.07) is 8.69. The van der Waals surface area contributed by atoms with E-state index in [4.69, 9.17) is 9.73 Å². The van der Waals surface area contributed by atoms with Crippen molar-refractivity contribution in [2.24, 2.45) is 4.99 Å². The quantitative estimate of drug-likeness (QED) is 0.310. The Morgan fingerprint density at radius 3 is 2.65 bits per heavy atom. The molecule has 176 valence electrons. The van der Waals surface area contributed by atoms with Crippen molar-refractivity contribution in [3.05, 3.63) is 35.4 Å². The lowest BCUT2D eigenvalue weighted by Gasteiger charge is -2.23. The van der Waals surface area contributed by atoms with Gasteiger partial charge >= 0.3 is 6.09 Å². The monoisotopic (exact) mass is 545 g/mol. The molecule has 1 aliphatic rings. The highest BCUT2D eigenvalue weighted by Gasteiger charge is 2.27. The number of likely N-dealkylation sites (tertiary alicyclic amines) is 1. The summed E-state index contributed by atoms with van der Waals surface area (Å²) in [5.41, 5.74) is 2.02. The molecule has 1 saturated heterocycles. The van der Waals surface area contributed by atoms with Crippen molar-refractivity contribution in [2.45, 2.75) is 65.8 Å². The summed E-state index contributed by atoms with van der Waals surface area (Å²) in [6.45, 7) is 14.9. The Balaban J connectivity index is 0.00000480. The van der Waals surface area contributed by atoms with E-state index in [0.29, 0.717) is 6.54 Å². The molecule has 8 heteroatoms. The number of halogens is 1. The van der Waals surface area contributed by atoms with Crippen LogP contribution in [-0.2, 0) is 17.8 Å². The van der Waals surface area contributed by atoms with Gasteiger partial charge in [0.1, 0.15) is 5.60 Å². The van der Waals surface area contributed by atoms with Crippen LogP contribution in [0.4, 0.5) is 4.79 Å². The topological polar surface area (TPSA) is 69.2 Å². The van der Waals surface area contributed by atoms with Crippen LogP contribution < -0.4 is 10.6 Å². The van der Waals surface area contributed by atoms with Gasteiger partial charge in [-0.3, -0.25) is 0 Å². The van der Waals surface area contributed by atoms with Gasteiger partial charge in [-0.15, -0.1) is 24.0 Å². The highest BCUT2D eigenvalue weighted by atomic mass is 127. The number of carbonyl (C=O) groups excluding carboxylic acids is 1. The normalized spacial score (nSPS) is 16.8. The van der Waals surface area contributed by atoms with Crippen molar-refractivity contribution in [3.63, 3.8) is 0 Å². The van der Waals surface area contributed by atoms with Gasteiger partial charge < -0.3 is 25.2 Å². The number of carbonyl (C=O) groups is 1. The van der Waals surface area contributed by atoms with Crippen molar-refractivity contribution >= 4 is 36.0 Å². The second kappa shape index (κ2) is 13.1. The largest absolute Gasteiger partial charge is 0.444 e. The first-order valence-corrected chi connectivity index (χ1v) is 11.0. The molecule has 7 nitrogen and oxygen atoms in total. The Morgan fingerprint density at radius 2 is 2.00 bits per heavy atom. The number of ether oxygens (including phenoxy) is 1. The summed E-state index contributed by atoms with van der Waals surface area (Å²) in [4.78, 5) is 21.4. The van der Waals surface area contributed by atoms with Gasteiger partial charge in [-0.2, -0.15) is 0 Å². The molecule has 1 atom stereocenters. The van der Waals surface area contributed by atoms with E-state index in [2.05, 4.69) is 65.6 Å². The molecule has 1 amide bonds. The van der Waals surface area contributed by atoms with Crippen LogP contribution in [0.2, 0.25) is 0 Å². The summed E-state index contributed by atoms with van der Waals surface area (Å²) in [7, 11) is 2.13. The fourth-order valence-electron chi connectivity index (χ4n) is 3.39. The van der Waals surface area contributed by atoms with Crippen molar-refractivity contribution in [3.8, 4) is 0 Å². The molecular formula is C23H40IN5O2. The first-order chi connectivity index (χ1) is 14.2. The van der Waals surface area contributed by atoms with Crippen molar-refractivity contribution in [1.82, 2.24) is 20.4 Å². The van der Waals surface area contributed by atoms with Crippen LogP contribution in [0.15, 0.2) is 29.3 Å². The zero-order chi connectivity index (χ0) is 22.1. The minimum atomic E-state index is -0.487. The lowest BCUT2D eigenvalue weighted by Crippen LogP contribution is -2.44. The summed E-state index contributed by atoms with van der Waals surface area (Å²) < 4.78 is 5.38. The maximum atomic E-state index is 12.1. The SMILES string of the molecule is CCNC(=NCc1cccc(CN(C)CC)c1)N1CCC(NC(=O)OC(C)(C)C)C1.I. The molecule has 0 spiro atoms. The molecule has 1 aliphatic heterocycles. The van der Waals surface area contributed by atoms with E-state index in [-0.39, 0.29) is 36.1 Å². The molecule has 1 aromatic rings. The second-order valence-corrected chi connectivity index (χ2v) is 8.90. The molecule has 0 aromatic heterocycles. The number of nitrogens with one attached hydrogen (secondary N) is 2. The Labute approximate surface area is 205 Å². The number of hydrogen-bond acceptors (Lipinski definition) is 4. The van der Waals surface area contributed by atoms with Gasteiger partial charge in [0.05, 0.1) is 12.6 Å². The molecule has 0 saturated carbocycles. The summed E-state index contributed by atoms with van der Waals surface area (Å²) in [5, 5.41) is 6.36. The number of aliphatic imine (C=N–C) groups is 1. The summed E-state index contributed by atoms with van der Waals surface area (Å²) >= 11 is 0. The van der Waals surface area contributed by atoms with Crippen LogP contribution in [0.3, 0.4) is 0 Å². The van der Waals surface area contributed by atoms with E-state index in [1.54, 1.807) is 0 Å².